The predicted molar refractivity (Wildman–Crippen MR) is 80.6 cm³/mol. The van der Waals surface area contributed by atoms with E-state index >= 15 is 0 Å². The molecule has 0 bridgehead atoms. The van der Waals surface area contributed by atoms with Crippen molar-refractivity contribution in [1.82, 2.24) is 4.98 Å². The molecule has 0 aliphatic carbocycles. The summed E-state index contributed by atoms with van der Waals surface area (Å²) in [6.45, 7) is 4.49. The average molecular weight is 287 g/mol. The zero-order valence-corrected chi connectivity index (χ0v) is 12.0. The largest absolute Gasteiger partial charge is 0.487 e. The number of anilines is 1. The van der Waals surface area contributed by atoms with Gasteiger partial charge in [0.05, 0.1) is 23.8 Å². The lowest BCUT2D eigenvalue weighted by Gasteiger charge is -2.10. The lowest BCUT2D eigenvalue weighted by Crippen LogP contribution is -2.06. The first kappa shape index (κ1) is 14.8. The highest BCUT2D eigenvalue weighted by atomic mass is 16.6. The summed E-state index contributed by atoms with van der Waals surface area (Å²) in [5.41, 5.74) is 2.11. The molecule has 0 atom stereocenters. The van der Waals surface area contributed by atoms with E-state index in [0.717, 1.165) is 11.4 Å². The zero-order chi connectivity index (χ0) is 15.2. The molecule has 0 saturated carbocycles. The molecule has 21 heavy (non-hydrogen) atoms. The molecule has 0 spiro atoms. The number of nitro benzene ring substituents is 1. The van der Waals surface area contributed by atoms with Gasteiger partial charge in [-0.3, -0.25) is 15.1 Å². The molecule has 0 aliphatic heterocycles. The van der Waals surface area contributed by atoms with Crippen LogP contribution in [0.3, 0.4) is 0 Å². The number of benzene rings is 1. The number of hydrogen-bond donors (Lipinski definition) is 1. The van der Waals surface area contributed by atoms with Crippen LogP contribution in [-0.2, 0) is 6.54 Å². The minimum absolute atomic E-state index is 0.0491. The van der Waals surface area contributed by atoms with Crippen LogP contribution in [0, 0.1) is 17.0 Å². The highest BCUT2D eigenvalue weighted by molar-refractivity contribution is 5.68. The molecule has 0 radical (unpaired) electrons. The summed E-state index contributed by atoms with van der Waals surface area (Å²) in [6.07, 6.45) is 0. The Labute approximate surface area is 122 Å². The molecule has 2 rings (SSSR count). The minimum Gasteiger partial charge on any atom is -0.487 e. The molecular formula is C15H17N3O3. The standard InChI is InChI=1S/C15H17N3O3/c1-3-21-14-9-5-8-13(15(14)18(19)20)16-10-12-7-4-6-11(2)17-12/h4-9,16H,3,10H2,1-2H3. The summed E-state index contributed by atoms with van der Waals surface area (Å²) in [4.78, 5) is 15.2. The number of ether oxygens (including phenoxy) is 1. The van der Waals surface area contributed by atoms with Gasteiger partial charge in [0.1, 0.15) is 5.69 Å². The molecule has 2 aromatic rings. The summed E-state index contributed by atoms with van der Waals surface area (Å²) < 4.78 is 5.31. The van der Waals surface area contributed by atoms with Crippen LogP contribution in [-0.4, -0.2) is 16.5 Å². The van der Waals surface area contributed by atoms with Gasteiger partial charge in [-0.05, 0) is 38.1 Å². The zero-order valence-electron chi connectivity index (χ0n) is 12.0. The molecule has 1 aromatic carbocycles. The number of nitro groups is 1. The monoisotopic (exact) mass is 287 g/mol. The van der Waals surface area contributed by atoms with Crippen molar-refractivity contribution in [1.29, 1.82) is 0 Å². The minimum atomic E-state index is -0.434. The third kappa shape index (κ3) is 3.68. The first-order valence-electron chi connectivity index (χ1n) is 6.68. The van der Waals surface area contributed by atoms with Gasteiger partial charge in [0.25, 0.3) is 0 Å². The Kier molecular flexibility index (Phi) is 4.71. The number of para-hydroxylation sites is 1. The maximum atomic E-state index is 11.3. The van der Waals surface area contributed by atoms with E-state index in [0.29, 0.717) is 18.8 Å². The Bertz CT molecular complexity index is 644. The van der Waals surface area contributed by atoms with Crippen molar-refractivity contribution in [3.05, 3.63) is 57.9 Å². The smallest absolute Gasteiger partial charge is 0.333 e. The van der Waals surface area contributed by atoms with E-state index in [1.807, 2.05) is 25.1 Å². The number of aryl methyl sites for hydroxylation is 1. The van der Waals surface area contributed by atoms with Crippen LogP contribution in [0.4, 0.5) is 11.4 Å². The molecule has 0 saturated heterocycles. The van der Waals surface area contributed by atoms with Gasteiger partial charge < -0.3 is 10.1 Å². The number of nitrogens with one attached hydrogen (secondary N) is 1. The van der Waals surface area contributed by atoms with E-state index < -0.39 is 4.92 Å². The highest BCUT2D eigenvalue weighted by Crippen LogP contribution is 2.34. The predicted octanol–water partition coefficient (Wildman–Crippen LogP) is 3.31. The van der Waals surface area contributed by atoms with E-state index in [1.165, 1.54) is 0 Å². The fourth-order valence-electron chi connectivity index (χ4n) is 2.01. The van der Waals surface area contributed by atoms with E-state index in [1.54, 1.807) is 25.1 Å². The quantitative estimate of drug-likeness (QED) is 0.651. The summed E-state index contributed by atoms with van der Waals surface area (Å²) >= 11 is 0. The number of aromatic nitrogens is 1. The maximum absolute atomic E-state index is 11.3. The Hall–Kier alpha value is -2.63. The second kappa shape index (κ2) is 6.69. The van der Waals surface area contributed by atoms with Crippen LogP contribution in [0.5, 0.6) is 5.75 Å². The maximum Gasteiger partial charge on any atom is 0.333 e. The topological polar surface area (TPSA) is 77.3 Å². The average Bonchev–Trinajstić information content (AvgIpc) is 2.45. The summed E-state index contributed by atoms with van der Waals surface area (Å²) in [7, 11) is 0. The van der Waals surface area contributed by atoms with Crippen molar-refractivity contribution >= 4 is 11.4 Å². The molecule has 1 heterocycles. The van der Waals surface area contributed by atoms with Crippen molar-refractivity contribution in [2.75, 3.05) is 11.9 Å². The highest BCUT2D eigenvalue weighted by Gasteiger charge is 2.20. The second-order valence-corrected chi connectivity index (χ2v) is 4.47. The fourth-order valence-corrected chi connectivity index (χ4v) is 2.01. The number of hydrogen-bond acceptors (Lipinski definition) is 5. The van der Waals surface area contributed by atoms with Crippen molar-refractivity contribution < 1.29 is 9.66 Å². The van der Waals surface area contributed by atoms with Crippen molar-refractivity contribution in [3.63, 3.8) is 0 Å². The molecule has 1 N–H and O–H groups in total. The van der Waals surface area contributed by atoms with E-state index in [-0.39, 0.29) is 11.4 Å². The van der Waals surface area contributed by atoms with Gasteiger partial charge in [-0.2, -0.15) is 0 Å². The van der Waals surface area contributed by atoms with Gasteiger partial charge in [-0.1, -0.05) is 12.1 Å². The van der Waals surface area contributed by atoms with Crippen LogP contribution in [0.25, 0.3) is 0 Å². The van der Waals surface area contributed by atoms with Crippen LogP contribution in [0.15, 0.2) is 36.4 Å². The number of pyridine rings is 1. The van der Waals surface area contributed by atoms with Gasteiger partial charge in [0.15, 0.2) is 5.75 Å². The fraction of sp³-hybridized carbons (Fsp3) is 0.267. The van der Waals surface area contributed by atoms with Crippen molar-refractivity contribution in [2.45, 2.75) is 20.4 Å². The lowest BCUT2D eigenvalue weighted by molar-refractivity contribution is -0.384. The van der Waals surface area contributed by atoms with E-state index in [9.17, 15) is 10.1 Å². The van der Waals surface area contributed by atoms with Gasteiger partial charge in [0, 0.05) is 5.69 Å². The van der Waals surface area contributed by atoms with E-state index in [4.69, 9.17) is 4.74 Å². The Morgan fingerprint density at radius 1 is 1.29 bits per heavy atom. The Morgan fingerprint density at radius 2 is 2.05 bits per heavy atom. The third-order valence-corrected chi connectivity index (χ3v) is 2.89. The van der Waals surface area contributed by atoms with Gasteiger partial charge in [0.2, 0.25) is 0 Å². The van der Waals surface area contributed by atoms with Gasteiger partial charge in [-0.25, -0.2) is 0 Å². The van der Waals surface area contributed by atoms with E-state index in [2.05, 4.69) is 10.3 Å². The second-order valence-electron chi connectivity index (χ2n) is 4.47. The lowest BCUT2D eigenvalue weighted by atomic mass is 10.2. The van der Waals surface area contributed by atoms with Gasteiger partial charge in [-0.15, -0.1) is 0 Å². The molecule has 0 unspecified atom stereocenters. The Balaban J connectivity index is 2.23. The molecule has 110 valence electrons. The first-order chi connectivity index (χ1) is 10.1. The number of nitrogens with zero attached hydrogens (tertiary/aromatic N) is 2. The van der Waals surface area contributed by atoms with Crippen LogP contribution >= 0.6 is 0 Å². The van der Waals surface area contributed by atoms with Crippen LogP contribution in [0.1, 0.15) is 18.3 Å². The van der Waals surface area contributed by atoms with Crippen LogP contribution < -0.4 is 10.1 Å². The summed E-state index contributed by atoms with van der Waals surface area (Å²) in [5.74, 6) is 0.268. The van der Waals surface area contributed by atoms with Crippen molar-refractivity contribution in [3.8, 4) is 5.75 Å². The summed E-state index contributed by atoms with van der Waals surface area (Å²) in [6, 6.07) is 10.7. The molecule has 6 nitrogen and oxygen atoms in total. The van der Waals surface area contributed by atoms with Crippen LogP contribution in [0.2, 0.25) is 0 Å². The molecule has 0 amide bonds. The Morgan fingerprint density at radius 3 is 2.71 bits per heavy atom. The molecule has 1 aromatic heterocycles. The normalized spacial score (nSPS) is 10.2. The first-order valence-corrected chi connectivity index (χ1v) is 6.68. The van der Waals surface area contributed by atoms with Crippen molar-refractivity contribution in [2.24, 2.45) is 0 Å². The van der Waals surface area contributed by atoms with Gasteiger partial charge >= 0.3 is 5.69 Å². The summed E-state index contributed by atoms with van der Waals surface area (Å²) in [5, 5.41) is 14.3. The molecule has 6 heteroatoms. The third-order valence-electron chi connectivity index (χ3n) is 2.89. The number of rotatable bonds is 6. The molecular weight excluding hydrogens is 270 g/mol. The molecule has 0 aliphatic rings. The SMILES string of the molecule is CCOc1cccc(NCc2cccc(C)n2)c1[N+](=O)[O-]. The molecule has 0 fully saturated rings.